The first-order valence-electron chi connectivity index (χ1n) is 15.2. The number of unbranched alkanes of at least 4 members (excludes halogenated alkanes) is 1. The zero-order valence-electron chi connectivity index (χ0n) is 26.2. The Balaban J connectivity index is 1.33. The number of urea groups is 1. The monoisotopic (exact) mass is 658 g/mol. The van der Waals surface area contributed by atoms with Gasteiger partial charge >= 0.3 is 6.03 Å². The van der Waals surface area contributed by atoms with Crippen LogP contribution in [0.15, 0.2) is 48.7 Å². The Morgan fingerprint density at radius 1 is 1.09 bits per heavy atom. The number of carbonyl (C=O) groups excluding carboxylic acids is 2. The topological polar surface area (TPSA) is 147 Å². The third kappa shape index (κ3) is 9.13. The van der Waals surface area contributed by atoms with Crippen molar-refractivity contribution in [2.75, 3.05) is 35.4 Å². The second-order valence-corrected chi connectivity index (χ2v) is 13.3. The minimum Gasteiger partial charge on any atom is -0.439 e. The maximum Gasteiger partial charge on any atom is 0.322 e. The lowest BCUT2D eigenvalue weighted by atomic mass is 10.0. The van der Waals surface area contributed by atoms with E-state index >= 15 is 0 Å². The van der Waals surface area contributed by atoms with Gasteiger partial charge in [0.1, 0.15) is 17.4 Å². The van der Waals surface area contributed by atoms with Gasteiger partial charge in [0.2, 0.25) is 15.9 Å². The van der Waals surface area contributed by atoms with Crippen molar-refractivity contribution in [2.45, 2.75) is 59.0 Å². The minimum atomic E-state index is -3.37. The Kier molecular flexibility index (Phi) is 11.5. The summed E-state index contributed by atoms with van der Waals surface area (Å²) in [5, 5.41) is 2.51. The summed E-state index contributed by atoms with van der Waals surface area (Å²) in [6.07, 6.45) is 4.77. The molecule has 1 aliphatic heterocycles. The van der Waals surface area contributed by atoms with Crippen LogP contribution in [0.25, 0.3) is 0 Å². The van der Waals surface area contributed by atoms with E-state index in [-0.39, 0.29) is 17.5 Å². The molecular formula is C32H40F2N6O5S. The van der Waals surface area contributed by atoms with Gasteiger partial charge in [0.15, 0.2) is 0 Å². The van der Waals surface area contributed by atoms with Crippen LogP contribution in [-0.4, -0.2) is 66.6 Å². The van der Waals surface area contributed by atoms with Crippen LogP contribution in [0.2, 0.25) is 0 Å². The molecule has 1 saturated heterocycles. The molecule has 2 aromatic carbocycles. The van der Waals surface area contributed by atoms with Crippen molar-refractivity contribution in [1.29, 1.82) is 0 Å². The van der Waals surface area contributed by atoms with E-state index in [1.807, 2.05) is 19.9 Å². The second kappa shape index (κ2) is 15.3. The molecule has 0 atom stereocenters. The zero-order valence-corrected chi connectivity index (χ0v) is 27.0. The van der Waals surface area contributed by atoms with Gasteiger partial charge in [-0.2, -0.15) is 0 Å². The van der Waals surface area contributed by atoms with Crippen molar-refractivity contribution in [2.24, 2.45) is 5.73 Å². The number of rotatable bonds is 13. The third-order valence-electron chi connectivity index (χ3n) is 7.82. The smallest absolute Gasteiger partial charge is 0.322 e. The summed E-state index contributed by atoms with van der Waals surface area (Å²) in [5.74, 6) is -2.18. The Morgan fingerprint density at radius 3 is 2.43 bits per heavy atom. The molecule has 46 heavy (non-hydrogen) atoms. The largest absolute Gasteiger partial charge is 0.439 e. The lowest BCUT2D eigenvalue weighted by molar-refractivity contribution is 0.0996. The van der Waals surface area contributed by atoms with Crippen LogP contribution < -0.4 is 20.5 Å². The second-order valence-electron chi connectivity index (χ2n) is 11.3. The first-order valence-corrected chi connectivity index (χ1v) is 16.9. The molecule has 0 saturated carbocycles. The molecule has 3 aromatic rings. The van der Waals surface area contributed by atoms with Crippen molar-refractivity contribution in [3.63, 3.8) is 0 Å². The summed E-state index contributed by atoms with van der Waals surface area (Å²) in [4.78, 5) is 33.2. The van der Waals surface area contributed by atoms with E-state index in [2.05, 4.69) is 19.9 Å². The molecule has 14 heteroatoms. The number of sulfonamides is 1. The van der Waals surface area contributed by atoms with Crippen molar-refractivity contribution >= 4 is 33.3 Å². The van der Waals surface area contributed by atoms with Gasteiger partial charge in [-0.3, -0.25) is 14.4 Å². The molecule has 11 nitrogen and oxygen atoms in total. The van der Waals surface area contributed by atoms with E-state index in [0.717, 1.165) is 43.1 Å². The first-order chi connectivity index (χ1) is 21.9. The Hall–Kier alpha value is -4.30. The maximum atomic E-state index is 14.4. The van der Waals surface area contributed by atoms with Gasteiger partial charge in [-0.05, 0) is 68.5 Å². The average Bonchev–Trinajstić information content (AvgIpc) is 3.01. The molecule has 1 aromatic heterocycles. The number of nitrogens with zero attached hydrogens (tertiary/aromatic N) is 3. The number of primary amides is 1. The number of piperidine rings is 1. The summed E-state index contributed by atoms with van der Waals surface area (Å²) < 4.78 is 60.5. The van der Waals surface area contributed by atoms with Gasteiger partial charge in [-0.15, -0.1) is 0 Å². The molecule has 0 radical (unpaired) electrons. The number of pyridine rings is 1. The number of hydrogen-bond acceptors (Lipinski definition) is 7. The fraction of sp³-hybridized carbons (Fsp3) is 0.406. The highest BCUT2D eigenvalue weighted by Crippen LogP contribution is 2.28. The molecule has 0 unspecified atom stereocenters. The van der Waals surface area contributed by atoms with Crippen LogP contribution in [0.5, 0.6) is 11.6 Å². The van der Waals surface area contributed by atoms with E-state index in [4.69, 9.17) is 10.5 Å². The van der Waals surface area contributed by atoms with Crippen LogP contribution >= 0.6 is 0 Å². The molecule has 4 N–H and O–H groups in total. The van der Waals surface area contributed by atoms with Gasteiger partial charge in [0.05, 0.1) is 17.0 Å². The number of aryl methyl sites for hydroxylation is 1. The van der Waals surface area contributed by atoms with Gasteiger partial charge in [-0.25, -0.2) is 27.0 Å². The number of carbonyl (C=O) groups is 2. The standard InChI is InChI=1S/C32H40F2N6O5S/c1-4-6-13-40(32(42)37-28-17-25(31(35)41)26(33)18-27(28)34)24-11-14-39(15-12-24)20-22-7-10-30(36-19-22)45-29-9-8-23(16-21(29)3)38-46(43,44)5-2/h7-10,16-19,24,38H,4-6,11-15,20H2,1-3H3,(H2,35,41)(H,37,42). The number of hydrogen-bond donors (Lipinski definition) is 3. The zero-order chi connectivity index (χ0) is 33.4. The van der Waals surface area contributed by atoms with E-state index in [1.54, 1.807) is 42.3 Å². The molecule has 1 aliphatic rings. The number of nitrogens with one attached hydrogen (secondary N) is 2. The number of anilines is 2. The maximum absolute atomic E-state index is 14.4. The molecular weight excluding hydrogens is 618 g/mol. The molecule has 2 heterocycles. The van der Waals surface area contributed by atoms with E-state index in [1.165, 1.54) is 0 Å². The predicted molar refractivity (Wildman–Crippen MR) is 172 cm³/mol. The quantitative estimate of drug-likeness (QED) is 0.216. The number of benzene rings is 2. The van der Waals surface area contributed by atoms with Gasteiger partial charge < -0.3 is 20.7 Å². The third-order valence-corrected chi connectivity index (χ3v) is 9.13. The predicted octanol–water partition coefficient (Wildman–Crippen LogP) is 5.62. The summed E-state index contributed by atoms with van der Waals surface area (Å²) in [7, 11) is -3.37. The molecule has 0 spiro atoms. The molecule has 1 fully saturated rings. The van der Waals surface area contributed by atoms with E-state index in [0.29, 0.717) is 49.3 Å². The van der Waals surface area contributed by atoms with Crippen molar-refractivity contribution in [3.8, 4) is 11.6 Å². The van der Waals surface area contributed by atoms with Crippen LogP contribution in [0.3, 0.4) is 0 Å². The normalized spacial score (nSPS) is 14.1. The fourth-order valence-electron chi connectivity index (χ4n) is 5.20. The van der Waals surface area contributed by atoms with Crippen LogP contribution in [0, 0.1) is 18.6 Å². The molecule has 0 aliphatic carbocycles. The molecule has 3 amide bonds. The number of aromatic nitrogens is 1. The SMILES string of the molecule is CCCCN(C(=O)Nc1cc(C(N)=O)c(F)cc1F)C1CCN(Cc2ccc(Oc3ccc(NS(=O)(=O)CC)cc3C)nc2)CC1. The highest BCUT2D eigenvalue weighted by Gasteiger charge is 2.29. The van der Waals surface area contributed by atoms with Crippen molar-refractivity contribution < 1.29 is 31.5 Å². The highest BCUT2D eigenvalue weighted by atomic mass is 32.2. The average molecular weight is 659 g/mol. The number of amides is 3. The van der Waals surface area contributed by atoms with E-state index in [9.17, 15) is 26.8 Å². The van der Waals surface area contributed by atoms with Crippen LogP contribution in [-0.2, 0) is 16.6 Å². The van der Waals surface area contributed by atoms with Crippen LogP contribution in [0.4, 0.5) is 25.0 Å². The Bertz CT molecular complexity index is 1650. The number of likely N-dealkylation sites (tertiary alicyclic amines) is 1. The van der Waals surface area contributed by atoms with E-state index < -0.39 is 39.2 Å². The fourth-order valence-corrected chi connectivity index (χ4v) is 5.83. The lowest BCUT2D eigenvalue weighted by Gasteiger charge is -2.38. The van der Waals surface area contributed by atoms with Gasteiger partial charge in [0, 0.05) is 56.2 Å². The summed E-state index contributed by atoms with van der Waals surface area (Å²) >= 11 is 0. The summed E-state index contributed by atoms with van der Waals surface area (Å²) in [5.41, 5.74) is 6.60. The summed E-state index contributed by atoms with van der Waals surface area (Å²) in [6.45, 7) is 7.99. The van der Waals surface area contributed by atoms with Gasteiger partial charge in [0.25, 0.3) is 5.91 Å². The molecule has 0 bridgehead atoms. The summed E-state index contributed by atoms with van der Waals surface area (Å²) in [6, 6.07) is 9.63. The van der Waals surface area contributed by atoms with Crippen molar-refractivity contribution in [3.05, 3.63) is 77.0 Å². The molecule has 4 rings (SSSR count). The number of ether oxygens (including phenoxy) is 1. The Morgan fingerprint density at radius 2 is 1.83 bits per heavy atom. The van der Waals surface area contributed by atoms with Crippen LogP contribution in [0.1, 0.15) is 61.0 Å². The lowest BCUT2D eigenvalue weighted by Crippen LogP contribution is -2.49. The minimum absolute atomic E-state index is 0.0181. The Labute approximate surface area is 268 Å². The number of nitrogens with two attached hydrogens (primary N) is 1. The highest BCUT2D eigenvalue weighted by molar-refractivity contribution is 7.92. The first kappa shape index (κ1) is 34.6. The number of halogens is 2. The molecule has 248 valence electrons. The van der Waals surface area contributed by atoms with Crippen molar-refractivity contribution in [1.82, 2.24) is 14.8 Å². The van der Waals surface area contributed by atoms with Gasteiger partial charge in [-0.1, -0.05) is 19.4 Å².